The van der Waals surface area contributed by atoms with Crippen molar-refractivity contribution in [1.82, 2.24) is 15.6 Å². The Morgan fingerprint density at radius 3 is 3.05 bits per heavy atom. The summed E-state index contributed by atoms with van der Waals surface area (Å²) in [6.07, 6.45) is 4.63. The molecule has 2 aliphatic heterocycles. The topological polar surface area (TPSA) is 72.5 Å². The third-order valence-electron chi connectivity index (χ3n) is 3.88. The number of amides is 2. The Morgan fingerprint density at radius 1 is 1.50 bits per heavy atom. The maximum absolute atomic E-state index is 12.1. The first-order chi connectivity index (χ1) is 10.6. The molecule has 3 rings (SSSR count). The number of hydrogen-bond acceptors (Lipinski definition) is 4. The number of alkyl halides is 2. The first-order valence-corrected chi connectivity index (χ1v) is 7.20. The summed E-state index contributed by atoms with van der Waals surface area (Å²) >= 11 is 0. The second-order valence-electron chi connectivity index (χ2n) is 5.42. The Balaban J connectivity index is 1.46. The molecule has 22 heavy (non-hydrogen) atoms. The maximum Gasteiger partial charge on any atom is 0.388 e. The van der Waals surface area contributed by atoms with Crippen LogP contribution < -0.4 is 15.4 Å². The van der Waals surface area contributed by atoms with Crippen LogP contribution in [0.5, 0.6) is 5.88 Å². The van der Waals surface area contributed by atoms with E-state index in [-0.39, 0.29) is 36.7 Å². The third kappa shape index (κ3) is 3.62. The average molecular weight is 313 g/mol. The minimum Gasteiger partial charge on any atom is -0.417 e. The first-order valence-electron chi connectivity index (χ1n) is 7.20. The number of carbonyl (C=O) groups is 1. The van der Waals surface area contributed by atoms with Gasteiger partial charge >= 0.3 is 12.6 Å². The van der Waals surface area contributed by atoms with E-state index >= 15 is 0 Å². The molecule has 0 radical (unpaired) electrons. The number of fused-ring (bicyclic) bond motifs is 2. The normalized spacial score (nSPS) is 26.2. The summed E-state index contributed by atoms with van der Waals surface area (Å²) in [5, 5.41) is 5.57. The van der Waals surface area contributed by atoms with Crippen molar-refractivity contribution in [3.05, 3.63) is 23.9 Å². The zero-order chi connectivity index (χ0) is 15.5. The highest BCUT2D eigenvalue weighted by Crippen LogP contribution is 2.34. The monoisotopic (exact) mass is 313 g/mol. The second-order valence-corrected chi connectivity index (χ2v) is 5.42. The maximum atomic E-state index is 12.1. The Bertz CT molecular complexity index is 544. The van der Waals surface area contributed by atoms with Gasteiger partial charge < -0.3 is 20.1 Å². The smallest absolute Gasteiger partial charge is 0.388 e. The van der Waals surface area contributed by atoms with E-state index in [1.165, 1.54) is 12.3 Å². The van der Waals surface area contributed by atoms with Gasteiger partial charge in [-0.2, -0.15) is 8.78 Å². The van der Waals surface area contributed by atoms with Gasteiger partial charge in [-0.15, -0.1) is 0 Å². The Hall–Kier alpha value is -1.96. The van der Waals surface area contributed by atoms with Crippen LogP contribution in [-0.4, -0.2) is 35.9 Å². The summed E-state index contributed by atoms with van der Waals surface area (Å²) in [5.74, 6) is -0.170. The lowest BCUT2D eigenvalue weighted by Gasteiger charge is -2.20. The number of halogens is 2. The fourth-order valence-corrected chi connectivity index (χ4v) is 2.91. The Labute approximate surface area is 126 Å². The van der Waals surface area contributed by atoms with E-state index in [0.717, 1.165) is 19.3 Å². The summed E-state index contributed by atoms with van der Waals surface area (Å²) in [7, 11) is 0. The molecule has 0 aromatic carbocycles. The van der Waals surface area contributed by atoms with Crippen molar-refractivity contribution < 1.29 is 23.0 Å². The van der Waals surface area contributed by atoms with Gasteiger partial charge in [0.2, 0.25) is 5.88 Å². The van der Waals surface area contributed by atoms with Crippen LogP contribution >= 0.6 is 0 Å². The van der Waals surface area contributed by atoms with Crippen LogP contribution in [0.3, 0.4) is 0 Å². The van der Waals surface area contributed by atoms with Gasteiger partial charge in [-0.3, -0.25) is 0 Å². The number of nitrogens with zero attached hydrogens (tertiary/aromatic N) is 1. The average Bonchev–Trinajstić information content (AvgIpc) is 3.07. The predicted molar refractivity (Wildman–Crippen MR) is 72.5 cm³/mol. The van der Waals surface area contributed by atoms with Gasteiger partial charge in [0.05, 0.1) is 18.2 Å². The quantitative estimate of drug-likeness (QED) is 0.869. The molecule has 2 fully saturated rings. The molecule has 2 saturated heterocycles. The van der Waals surface area contributed by atoms with Gasteiger partial charge in [0.15, 0.2) is 0 Å². The van der Waals surface area contributed by atoms with Crippen LogP contribution in [0.15, 0.2) is 18.3 Å². The highest BCUT2D eigenvalue weighted by atomic mass is 19.3. The van der Waals surface area contributed by atoms with E-state index < -0.39 is 6.61 Å². The van der Waals surface area contributed by atoms with Gasteiger partial charge in [-0.1, -0.05) is 0 Å². The number of aromatic nitrogens is 1. The minimum atomic E-state index is -2.92. The van der Waals surface area contributed by atoms with Crippen LogP contribution in [0.1, 0.15) is 24.8 Å². The molecular weight excluding hydrogens is 296 g/mol. The van der Waals surface area contributed by atoms with E-state index in [2.05, 4.69) is 20.4 Å². The number of rotatable bonds is 5. The van der Waals surface area contributed by atoms with Crippen molar-refractivity contribution >= 4 is 6.03 Å². The molecular formula is C14H17F2N3O3. The van der Waals surface area contributed by atoms with Crippen LogP contribution in [0.25, 0.3) is 0 Å². The van der Waals surface area contributed by atoms with E-state index in [9.17, 15) is 13.6 Å². The van der Waals surface area contributed by atoms with Crippen molar-refractivity contribution in [2.24, 2.45) is 0 Å². The molecule has 1 aromatic heterocycles. The largest absolute Gasteiger partial charge is 0.417 e. The second kappa shape index (κ2) is 6.43. The lowest BCUT2D eigenvalue weighted by Crippen LogP contribution is -2.46. The van der Waals surface area contributed by atoms with E-state index in [4.69, 9.17) is 4.74 Å². The van der Waals surface area contributed by atoms with E-state index in [1.54, 1.807) is 6.07 Å². The van der Waals surface area contributed by atoms with Gasteiger partial charge in [0.25, 0.3) is 0 Å². The number of urea groups is 1. The molecule has 0 unspecified atom stereocenters. The highest BCUT2D eigenvalue weighted by Gasteiger charge is 2.41. The number of carbonyl (C=O) groups excluding carboxylic acids is 1. The molecule has 6 nitrogen and oxygen atoms in total. The molecule has 2 amide bonds. The van der Waals surface area contributed by atoms with Crippen molar-refractivity contribution in [1.29, 1.82) is 0 Å². The molecule has 2 N–H and O–H groups in total. The fourth-order valence-electron chi connectivity index (χ4n) is 2.91. The summed E-state index contributed by atoms with van der Waals surface area (Å²) in [4.78, 5) is 15.5. The van der Waals surface area contributed by atoms with E-state index in [0.29, 0.717) is 5.56 Å². The van der Waals surface area contributed by atoms with Crippen LogP contribution in [0.2, 0.25) is 0 Å². The van der Waals surface area contributed by atoms with Crippen LogP contribution in [0, 0.1) is 0 Å². The molecule has 0 saturated carbocycles. The number of pyridine rings is 1. The number of ether oxygens (including phenoxy) is 2. The number of nitrogens with one attached hydrogen (secondary N) is 2. The summed E-state index contributed by atoms with van der Waals surface area (Å²) < 4.78 is 34.1. The molecule has 2 bridgehead atoms. The fraction of sp³-hybridized carbons (Fsp3) is 0.571. The van der Waals surface area contributed by atoms with Crippen molar-refractivity contribution in [2.45, 2.75) is 50.7 Å². The molecule has 3 heterocycles. The minimum absolute atomic E-state index is 0.0499. The number of hydrogen-bond donors (Lipinski definition) is 2. The summed E-state index contributed by atoms with van der Waals surface area (Å²) in [5.41, 5.74) is 0.630. The third-order valence-corrected chi connectivity index (χ3v) is 3.88. The van der Waals surface area contributed by atoms with Gasteiger partial charge in [-0.05, 0) is 30.9 Å². The zero-order valence-corrected chi connectivity index (χ0v) is 11.8. The molecule has 0 spiro atoms. The van der Waals surface area contributed by atoms with Crippen molar-refractivity contribution in [3.63, 3.8) is 0 Å². The van der Waals surface area contributed by atoms with Gasteiger partial charge in [0.1, 0.15) is 0 Å². The molecule has 2 aliphatic rings. The highest BCUT2D eigenvalue weighted by molar-refractivity contribution is 5.74. The Morgan fingerprint density at radius 2 is 2.36 bits per heavy atom. The molecule has 1 aromatic rings. The lowest BCUT2D eigenvalue weighted by molar-refractivity contribution is -0.0529. The molecule has 8 heteroatoms. The molecule has 3 atom stereocenters. The Kier molecular flexibility index (Phi) is 4.37. The standard InChI is InChI=1S/C14H17F2N3O3/c15-13(16)22-12-5-8(3-4-17-12)7-18-14(20)19-10-6-9-1-2-11(10)21-9/h3-5,9-11,13H,1-2,6-7H2,(H2,18,19,20)/t9-,10+,11+/m0/s1. The first kappa shape index (κ1) is 15.0. The van der Waals surface area contributed by atoms with E-state index in [1.807, 2.05) is 0 Å². The van der Waals surface area contributed by atoms with Crippen LogP contribution in [0.4, 0.5) is 13.6 Å². The zero-order valence-electron chi connectivity index (χ0n) is 11.8. The lowest BCUT2D eigenvalue weighted by atomic mass is 9.96. The summed E-state index contributed by atoms with van der Waals surface area (Å²) in [6.45, 7) is -2.72. The predicted octanol–water partition coefficient (Wildman–Crippen LogP) is 1.80. The van der Waals surface area contributed by atoms with Crippen molar-refractivity contribution in [3.8, 4) is 5.88 Å². The van der Waals surface area contributed by atoms with Gasteiger partial charge in [-0.25, -0.2) is 9.78 Å². The van der Waals surface area contributed by atoms with Crippen molar-refractivity contribution in [2.75, 3.05) is 0 Å². The summed E-state index contributed by atoms with van der Waals surface area (Å²) in [6, 6.07) is 2.75. The van der Waals surface area contributed by atoms with Gasteiger partial charge in [0, 0.05) is 18.8 Å². The molecule has 0 aliphatic carbocycles. The molecule has 120 valence electrons. The van der Waals surface area contributed by atoms with Crippen LogP contribution in [-0.2, 0) is 11.3 Å². The SMILES string of the molecule is O=C(NCc1ccnc(OC(F)F)c1)N[C@@H]1C[C@@H]2CC[C@H]1O2.